The van der Waals surface area contributed by atoms with Gasteiger partial charge in [-0.3, -0.25) is 9.59 Å². The van der Waals surface area contributed by atoms with Crippen LogP contribution in [-0.2, 0) is 9.59 Å². The van der Waals surface area contributed by atoms with Gasteiger partial charge in [0.2, 0.25) is 5.91 Å². The zero-order chi connectivity index (χ0) is 19.0. The van der Waals surface area contributed by atoms with E-state index in [2.05, 4.69) is 5.32 Å². The molecule has 0 radical (unpaired) electrons. The molecule has 0 bridgehead atoms. The van der Waals surface area contributed by atoms with Crippen molar-refractivity contribution in [1.82, 2.24) is 5.32 Å². The molecule has 7 rings (SSSR count). The second-order valence-electron chi connectivity index (χ2n) is 9.08. The van der Waals surface area contributed by atoms with E-state index in [-0.39, 0.29) is 35.1 Å². The summed E-state index contributed by atoms with van der Waals surface area (Å²) < 4.78 is 10.7. The maximum Gasteiger partial charge on any atom is 0.310 e. The van der Waals surface area contributed by atoms with Crippen LogP contribution >= 0.6 is 0 Å². The molecule has 142 valence electrons. The lowest BCUT2D eigenvalue weighted by Crippen LogP contribution is -3.12. The number of rotatable bonds is 6. The van der Waals surface area contributed by atoms with Crippen LogP contribution in [-0.4, -0.2) is 31.2 Å². The Kier molecular flexibility index (Phi) is 2.49. The number of carboxylic acid groups (broad SMARTS) is 1. The van der Waals surface area contributed by atoms with E-state index in [0.717, 1.165) is 11.1 Å². The number of aryl methyl sites for hydroxylation is 1. The van der Waals surface area contributed by atoms with Crippen molar-refractivity contribution in [3.05, 3.63) is 23.3 Å². The largest absolute Gasteiger partial charge is 0.493 e. The summed E-state index contributed by atoms with van der Waals surface area (Å²) in [5.41, 5.74) is 1.39. The van der Waals surface area contributed by atoms with Crippen LogP contribution in [0.2, 0.25) is 0 Å². The standard InChI is InChI=1S/C21H23NO5/c1-7-5-10(26-3)11(27-4)6-9(7)8(2)22-18(23)20-12-15-13(20)17-14(20)16(12)21(15,17)19(24)25/h5-6,8,12-17H,1-4H3,(H,22,23)(H,24,25). The fourth-order valence-electron chi connectivity index (χ4n) is 8.27. The van der Waals surface area contributed by atoms with Gasteiger partial charge in [-0.2, -0.15) is 0 Å². The topological polar surface area (TPSA) is 84.9 Å². The molecule has 0 spiro atoms. The average Bonchev–Trinajstić information content (AvgIpc) is 2.66. The van der Waals surface area contributed by atoms with E-state index in [4.69, 9.17) is 9.47 Å². The van der Waals surface area contributed by atoms with E-state index in [9.17, 15) is 14.7 Å². The molecule has 1 aromatic carbocycles. The first-order chi connectivity index (χ1) is 12.9. The van der Waals surface area contributed by atoms with Gasteiger partial charge in [0.05, 0.1) is 31.1 Å². The average molecular weight is 369 g/mol. The maximum atomic E-state index is 13.2. The molecule has 1 atom stereocenters. The van der Waals surface area contributed by atoms with Crippen molar-refractivity contribution < 1.29 is 24.2 Å². The highest BCUT2D eigenvalue weighted by molar-refractivity contribution is 5.98. The van der Waals surface area contributed by atoms with Crippen LogP contribution in [0, 0.1) is 53.3 Å². The summed E-state index contributed by atoms with van der Waals surface area (Å²) in [6, 6.07) is 3.72. The van der Waals surface area contributed by atoms with E-state index in [1.165, 1.54) is 0 Å². The molecule has 1 aromatic rings. The number of hydrogen-bond acceptors (Lipinski definition) is 4. The van der Waals surface area contributed by atoms with Gasteiger partial charge in [0.15, 0.2) is 11.5 Å². The number of aliphatic carboxylic acids is 1. The van der Waals surface area contributed by atoms with Crippen molar-refractivity contribution in [2.24, 2.45) is 46.3 Å². The van der Waals surface area contributed by atoms with Crippen LogP contribution < -0.4 is 14.8 Å². The fraction of sp³-hybridized carbons (Fsp3) is 0.619. The Labute approximate surface area is 157 Å². The van der Waals surface area contributed by atoms with Crippen LogP contribution in [0.3, 0.4) is 0 Å². The van der Waals surface area contributed by atoms with Gasteiger partial charge in [-0.1, -0.05) is 0 Å². The van der Waals surface area contributed by atoms with Crippen LogP contribution in [0.1, 0.15) is 24.1 Å². The first-order valence-electron chi connectivity index (χ1n) is 9.65. The van der Waals surface area contributed by atoms with Crippen LogP contribution in [0.25, 0.3) is 0 Å². The van der Waals surface area contributed by atoms with Crippen molar-refractivity contribution in [2.75, 3.05) is 14.2 Å². The minimum Gasteiger partial charge on any atom is -0.493 e. The Morgan fingerprint density at radius 2 is 1.48 bits per heavy atom. The molecule has 1 amide bonds. The summed E-state index contributed by atoms with van der Waals surface area (Å²) in [5, 5.41) is 12.8. The monoisotopic (exact) mass is 369 g/mol. The number of benzene rings is 1. The van der Waals surface area contributed by atoms with Gasteiger partial charge in [-0.15, -0.1) is 0 Å². The molecular weight excluding hydrogens is 346 g/mol. The van der Waals surface area contributed by atoms with Gasteiger partial charge < -0.3 is 19.9 Å². The zero-order valence-electron chi connectivity index (χ0n) is 15.8. The summed E-state index contributed by atoms with van der Waals surface area (Å²) in [4.78, 5) is 24.8. The lowest BCUT2D eigenvalue weighted by atomic mass is 8.92. The molecule has 27 heavy (non-hydrogen) atoms. The number of nitrogens with one attached hydrogen (secondary N) is 1. The van der Waals surface area contributed by atoms with Crippen molar-refractivity contribution in [2.45, 2.75) is 19.9 Å². The molecule has 1 unspecified atom stereocenters. The summed E-state index contributed by atoms with van der Waals surface area (Å²) >= 11 is 0. The molecule has 6 saturated carbocycles. The third-order valence-electron chi connectivity index (χ3n) is 8.98. The third kappa shape index (κ3) is 1.18. The van der Waals surface area contributed by atoms with Crippen molar-refractivity contribution in [3.63, 3.8) is 0 Å². The Balaban J connectivity index is 1.22. The number of methoxy groups -OCH3 is 2. The molecule has 6 heteroatoms. The summed E-state index contributed by atoms with van der Waals surface area (Å²) in [5.74, 6) is 2.65. The van der Waals surface area contributed by atoms with Gasteiger partial charge in [0.1, 0.15) is 0 Å². The Morgan fingerprint density at radius 3 is 1.96 bits per heavy atom. The molecule has 6 aliphatic carbocycles. The number of amides is 1. The molecule has 0 aromatic heterocycles. The molecular formula is C21H23NO5. The van der Waals surface area contributed by atoms with E-state index in [0.29, 0.717) is 29.3 Å². The predicted molar refractivity (Wildman–Crippen MR) is 94.3 cm³/mol. The number of carboxylic acids is 1. The lowest BCUT2D eigenvalue weighted by Gasteiger charge is -3.09. The predicted octanol–water partition coefficient (Wildman–Crippen LogP) is 2.01. The summed E-state index contributed by atoms with van der Waals surface area (Å²) in [6.45, 7) is 3.99. The molecule has 6 nitrogen and oxygen atoms in total. The second-order valence-corrected chi connectivity index (χ2v) is 9.08. The van der Waals surface area contributed by atoms with E-state index in [1.807, 2.05) is 26.0 Å². The van der Waals surface area contributed by atoms with Crippen LogP contribution in [0.5, 0.6) is 11.5 Å². The highest BCUT2D eigenvalue weighted by atomic mass is 16.5. The Hall–Kier alpha value is -2.24. The smallest absolute Gasteiger partial charge is 0.310 e. The molecule has 2 N–H and O–H groups in total. The quantitative estimate of drug-likeness (QED) is 0.801. The van der Waals surface area contributed by atoms with Gasteiger partial charge in [0.25, 0.3) is 0 Å². The van der Waals surface area contributed by atoms with E-state index < -0.39 is 11.4 Å². The number of carbonyl (C=O) groups is 2. The Morgan fingerprint density at radius 1 is 1.00 bits per heavy atom. The number of hydrogen-bond donors (Lipinski definition) is 2. The SMILES string of the molecule is COc1cc(C)c(C(C)NC(=O)C23C4C5C2C2C3C4C52C(=O)O)cc1OC. The van der Waals surface area contributed by atoms with E-state index in [1.54, 1.807) is 14.2 Å². The molecule has 0 saturated heterocycles. The number of carbonyl (C=O) groups excluding carboxylic acids is 1. The fourth-order valence-corrected chi connectivity index (χ4v) is 8.27. The molecule has 6 aliphatic rings. The highest BCUT2D eigenvalue weighted by Crippen LogP contribution is 3.10. The molecule has 0 aliphatic heterocycles. The lowest BCUT2D eigenvalue weighted by molar-refractivity contribution is -0.626. The van der Waals surface area contributed by atoms with E-state index >= 15 is 0 Å². The minimum absolute atomic E-state index is 0.131. The maximum absolute atomic E-state index is 13.2. The van der Waals surface area contributed by atoms with Gasteiger partial charge in [0, 0.05) is 0 Å². The zero-order valence-corrected chi connectivity index (χ0v) is 15.8. The van der Waals surface area contributed by atoms with Crippen molar-refractivity contribution in [1.29, 1.82) is 0 Å². The first-order valence-corrected chi connectivity index (χ1v) is 9.65. The van der Waals surface area contributed by atoms with Crippen LogP contribution in [0.15, 0.2) is 12.1 Å². The number of ether oxygens (including phenoxy) is 2. The summed E-state index contributed by atoms with van der Waals surface area (Å²) in [6.07, 6.45) is 0. The third-order valence-corrected chi connectivity index (χ3v) is 8.98. The summed E-state index contributed by atoms with van der Waals surface area (Å²) in [7, 11) is 3.21. The first kappa shape index (κ1) is 15.8. The van der Waals surface area contributed by atoms with Crippen molar-refractivity contribution in [3.8, 4) is 11.5 Å². The van der Waals surface area contributed by atoms with Gasteiger partial charge in [-0.25, -0.2) is 0 Å². The van der Waals surface area contributed by atoms with Crippen LogP contribution in [0.4, 0.5) is 0 Å². The molecule has 0 heterocycles. The van der Waals surface area contributed by atoms with Gasteiger partial charge in [-0.05, 0) is 72.6 Å². The normalized spacial score (nSPS) is 46.4. The second kappa shape index (κ2) is 4.26. The highest BCUT2D eigenvalue weighted by Gasteiger charge is 3.13. The minimum atomic E-state index is -0.616. The Bertz CT molecular complexity index is 883. The molecule has 6 fully saturated rings. The van der Waals surface area contributed by atoms with Crippen molar-refractivity contribution >= 4 is 11.9 Å². The van der Waals surface area contributed by atoms with Gasteiger partial charge >= 0.3 is 5.97 Å².